The zero-order valence-electron chi connectivity index (χ0n) is 10.9. The maximum Gasteiger partial charge on any atom is 0.0485 e. The Labute approximate surface area is 118 Å². The molecule has 3 rings (SSSR count). The van der Waals surface area contributed by atoms with Crippen LogP contribution in [0.5, 0.6) is 0 Å². The van der Waals surface area contributed by atoms with Crippen LogP contribution in [-0.2, 0) is 6.42 Å². The second-order valence-electron chi connectivity index (χ2n) is 5.01. The first-order valence-corrected chi connectivity index (χ1v) is 7.04. The van der Waals surface area contributed by atoms with Crippen LogP contribution in [0.1, 0.15) is 35.2 Å². The summed E-state index contributed by atoms with van der Waals surface area (Å²) in [4.78, 5) is 4.58. The fraction of sp³-hybridized carbons (Fsp3) is 0.312. The van der Waals surface area contributed by atoms with Crippen LogP contribution in [0.15, 0.2) is 42.6 Å². The van der Waals surface area contributed by atoms with Crippen molar-refractivity contribution >= 4 is 11.6 Å². The van der Waals surface area contributed by atoms with Gasteiger partial charge in [0, 0.05) is 28.9 Å². The number of nitrogens with zero attached hydrogens (tertiary/aromatic N) is 1. The molecule has 98 valence electrons. The average molecular weight is 273 g/mol. The van der Waals surface area contributed by atoms with Crippen molar-refractivity contribution in [1.29, 1.82) is 0 Å². The third-order valence-corrected chi connectivity index (χ3v) is 4.16. The highest BCUT2D eigenvalue weighted by molar-refractivity contribution is 6.30. The van der Waals surface area contributed by atoms with Gasteiger partial charge in [-0.1, -0.05) is 29.8 Å². The molecule has 1 aliphatic rings. The molecule has 0 aliphatic heterocycles. The van der Waals surface area contributed by atoms with Crippen molar-refractivity contribution in [2.24, 2.45) is 0 Å². The number of nitrogens with one attached hydrogen (secondary N) is 1. The van der Waals surface area contributed by atoms with Gasteiger partial charge in [0.25, 0.3) is 0 Å². The zero-order valence-corrected chi connectivity index (χ0v) is 11.7. The van der Waals surface area contributed by atoms with Crippen molar-refractivity contribution < 1.29 is 0 Å². The standard InChI is InChI=1S/C16H17ClN2/c1-18-15(12-4-2-6-13(17)10-12)14-8-7-11-5-3-9-19-16(11)14/h2-6,9-10,14-15,18H,7-8H2,1H3. The molecule has 0 fully saturated rings. The molecule has 0 radical (unpaired) electrons. The van der Waals surface area contributed by atoms with Crippen molar-refractivity contribution in [2.75, 3.05) is 7.05 Å². The van der Waals surface area contributed by atoms with Crippen LogP contribution in [0.25, 0.3) is 0 Å². The van der Waals surface area contributed by atoms with E-state index >= 15 is 0 Å². The number of aryl methyl sites for hydroxylation is 1. The molecule has 2 aromatic rings. The lowest BCUT2D eigenvalue weighted by molar-refractivity contribution is 0.470. The second-order valence-corrected chi connectivity index (χ2v) is 5.45. The number of fused-ring (bicyclic) bond motifs is 1. The minimum absolute atomic E-state index is 0.273. The van der Waals surface area contributed by atoms with Crippen LogP contribution in [0.2, 0.25) is 5.02 Å². The number of benzene rings is 1. The molecule has 1 aromatic heterocycles. The highest BCUT2D eigenvalue weighted by atomic mass is 35.5. The van der Waals surface area contributed by atoms with Gasteiger partial charge in [-0.3, -0.25) is 4.98 Å². The van der Waals surface area contributed by atoms with E-state index in [1.807, 2.05) is 37.5 Å². The van der Waals surface area contributed by atoms with E-state index in [1.54, 1.807) is 0 Å². The van der Waals surface area contributed by atoms with Crippen LogP contribution < -0.4 is 5.32 Å². The average Bonchev–Trinajstić information content (AvgIpc) is 2.84. The highest BCUT2D eigenvalue weighted by Crippen LogP contribution is 2.40. The molecule has 0 saturated heterocycles. The number of rotatable bonds is 3. The van der Waals surface area contributed by atoms with E-state index in [0.29, 0.717) is 5.92 Å². The molecule has 1 N–H and O–H groups in total. The van der Waals surface area contributed by atoms with E-state index in [2.05, 4.69) is 22.4 Å². The maximum atomic E-state index is 6.11. The predicted molar refractivity (Wildman–Crippen MR) is 78.6 cm³/mol. The minimum Gasteiger partial charge on any atom is -0.312 e. The molecule has 0 saturated carbocycles. The van der Waals surface area contributed by atoms with E-state index in [0.717, 1.165) is 17.9 Å². The normalized spacial score (nSPS) is 19.2. The van der Waals surface area contributed by atoms with Crippen molar-refractivity contribution in [3.63, 3.8) is 0 Å². The summed E-state index contributed by atoms with van der Waals surface area (Å²) in [7, 11) is 2.01. The van der Waals surface area contributed by atoms with E-state index in [1.165, 1.54) is 16.8 Å². The Bertz CT molecular complexity index is 582. The Kier molecular flexibility index (Phi) is 3.54. The van der Waals surface area contributed by atoms with Crippen molar-refractivity contribution in [2.45, 2.75) is 24.8 Å². The van der Waals surface area contributed by atoms with Gasteiger partial charge in [-0.2, -0.15) is 0 Å². The van der Waals surface area contributed by atoms with Gasteiger partial charge < -0.3 is 5.32 Å². The monoisotopic (exact) mass is 272 g/mol. The third-order valence-electron chi connectivity index (χ3n) is 3.92. The van der Waals surface area contributed by atoms with Crippen molar-refractivity contribution in [3.8, 4) is 0 Å². The van der Waals surface area contributed by atoms with Gasteiger partial charge >= 0.3 is 0 Å². The molecule has 2 unspecified atom stereocenters. The van der Waals surface area contributed by atoms with E-state index < -0.39 is 0 Å². The Morgan fingerprint density at radius 1 is 1.32 bits per heavy atom. The maximum absolute atomic E-state index is 6.11. The first-order chi connectivity index (χ1) is 9.29. The zero-order chi connectivity index (χ0) is 13.2. The largest absolute Gasteiger partial charge is 0.312 e. The van der Waals surface area contributed by atoms with Gasteiger partial charge in [0.2, 0.25) is 0 Å². The Balaban J connectivity index is 1.96. The van der Waals surface area contributed by atoms with Crippen LogP contribution in [-0.4, -0.2) is 12.0 Å². The Hall–Kier alpha value is -1.38. The Morgan fingerprint density at radius 2 is 2.21 bits per heavy atom. The van der Waals surface area contributed by atoms with Gasteiger partial charge in [-0.15, -0.1) is 0 Å². The summed E-state index contributed by atoms with van der Waals surface area (Å²) in [6, 6.07) is 12.6. The molecular formula is C16H17ClN2. The number of hydrogen-bond acceptors (Lipinski definition) is 2. The van der Waals surface area contributed by atoms with E-state index in [-0.39, 0.29) is 6.04 Å². The van der Waals surface area contributed by atoms with Gasteiger partial charge in [0.05, 0.1) is 0 Å². The molecular weight excluding hydrogens is 256 g/mol. The molecule has 3 heteroatoms. The fourth-order valence-corrected chi connectivity index (χ4v) is 3.27. The lowest BCUT2D eigenvalue weighted by Gasteiger charge is -2.24. The molecule has 1 heterocycles. The third kappa shape index (κ3) is 2.38. The summed E-state index contributed by atoms with van der Waals surface area (Å²) in [6.45, 7) is 0. The summed E-state index contributed by atoms with van der Waals surface area (Å²) < 4.78 is 0. The quantitative estimate of drug-likeness (QED) is 0.921. The molecule has 2 nitrogen and oxygen atoms in total. The number of aromatic nitrogens is 1. The number of likely N-dealkylation sites (N-methyl/N-ethyl adjacent to an activating group) is 1. The summed E-state index contributed by atoms with van der Waals surface area (Å²) >= 11 is 6.11. The minimum atomic E-state index is 0.273. The van der Waals surface area contributed by atoms with Gasteiger partial charge in [-0.25, -0.2) is 0 Å². The predicted octanol–water partition coefficient (Wildman–Crippen LogP) is 3.73. The Morgan fingerprint density at radius 3 is 3.00 bits per heavy atom. The summed E-state index contributed by atoms with van der Waals surface area (Å²) in [5, 5.41) is 4.22. The van der Waals surface area contributed by atoms with Crippen LogP contribution in [0, 0.1) is 0 Å². The molecule has 2 atom stereocenters. The lowest BCUT2D eigenvalue weighted by Crippen LogP contribution is -2.23. The first kappa shape index (κ1) is 12.6. The topological polar surface area (TPSA) is 24.9 Å². The highest BCUT2D eigenvalue weighted by Gasteiger charge is 2.30. The molecule has 0 spiro atoms. The molecule has 0 bridgehead atoms. The summed E-state index contributed by atoms with van der Waals surface area (Å²) in [5.74, 6) is 0.430. The smallest absolute Gasteiger partial charge is 0.0485 e. The number of hydrogen-bond donors (Lipinski definition) is 1. The fourth-order valence-electron chi connectivity index (χ4n) is 3.07. The molecule has 19 heavy (non-hydrogen) atoms. The van der Waals surface area contributed by atoms with Crippen LogP contribution in [0.3, 0.4) is 0 Å². The van der Waals surface area contributed by atoms with Gasteiger partial charge in [-0.05, 0) is 49.2 Å². The van der Waals surface area contributed by atoms with Gasteiger partial charge in [0.15, 0.2) is 0 Å². The summed E-state index contributed by atoms with van der Waals surface area (Å²) in [6.07, 6.45) is 4.15. The lowest BCUT2D eigenvalue weighted by atomic mass is 9.91. The van der Waals surface area contributed by atoms with Crippen molar-refractivity contribution in [3.05, 3.63) is 64.4 Å². The van der Waals surface area contributed by atoms with E-state index in [9.17, 15) is 0 Å². The van der Waals surface area contributed by atoms with Crippen LogP contribution >= 0.6 is 11.6 Å². The van der Waals surface area contributed by atoms with E-state index in [4.69, 9.17) is 11.6 Å². The second kappa shape index (κ2) is 5.32. The first-order valence-electron chi connectivity index (χ1n) is 6.66. The van der Waals surface area contributed by atoms with Crippen molar-refractivity contribution in [1.82, 2.24) is 10.3 Å². The summed E-state index contributed by atoms with van der Waals surface area (Å²) in [5.41, 5.74) is 3.86. The molecule has 1 aromatic carbocycles. The SMILES string of the molecule is CNC(c1cccc(Cl)c1)C1CCc2cccnc21. The van der Waals surface area contributed by atoms with Gasteiger partial charge in [0.1, 0.15) is 0 Å². The molecule has 0 amide bonds. The number of pyridine rings is 1. The number of halogens is 1. The van der Waals surface area contributed by atoms with Crippen LogP contribution in [0.4, 0.5) is 0 Å². The molecule has 1 aliphatic carbocycles.